The average molecular weight is 355 g/mol. The Hall–Kier alpha value is -2.09. The number of pyridine rings is 1. The Morgan fingerprint density at radius 1 is 1.26 bits per heavy atom. The molecule has 0 fully saturated rings. The number of rotatable bonds is 2. The van der Waals surface area contributed by atoms with Crippen LogP contribution < -0.4 is 10.9 Å². The molecule has 0 aromatic carbocycles. The van der Waals surface area contributed by atoms with Gasteiger partial charge < -0.3 is 10.3 Å². The van der Waals surface area contributed by atoms with E-state index in [1.807, 2.05) is 10.7 Å². The van der Waals surface area contributed by atoms with Crippen molar-refractivity contribution >= 4 is 24.8 Å². The van der Waals surface area contributed by atoms with Crippen LogP contribution in [-0.4, -0.2) is 30.9 Å². The summed E-state index contributed by atoms with van der Waals surface area (Å²) in [7, 11) is 0. The topological polar surface area (TPSA) is 80.5 Å². The van der Waals surface area contributed by atoms with Crippen LogP contribution in [0.3, 0.4) is 0 Å². The number of nitrogens with one attached hydrogen (secondary N) is 2. The molecule has 4 rings (SSSR count). The van der Waals surface area contributed by atoms with E-state index in [1.54, 1.807) is 35.3 Å². The first-order valence-electron chi connectivity index (χ1n) is 6.82. The molecule has 2 N–H and O–H groups in total. The summed E-state index contributed by atoms with van der Waals surface area (Å²) in [6.45, 7) is 2.57. The van der Waals surface area contributed by atoms with Crippen LogP contribution in [0.25, 0.3) is 17.2 Å². The molecule has 7 nitrogen and oxygen atoms in total. The van der Waals surface area contributed by atoms with Crippen molar-refractivity contribution in [1.82, 2.24) is 29.6 Å². The molecule has 3 aromatic heterocycles. The van der Waals surface area contributed by atoms with Gasteiger partial charge in [-0.05, 0) is 18.2 Å². The number of nitrogens with zero attached hydrogens (tertiary/aromatic N) is 4. The van der Waals surface area contributed by atoms with Gasteiger partial charge in [-0.2, -0.15) is 5.10 Å². The summed E-state index contributed by atoms with van der Waals surface area (Å²) < 4.78 is 3.75. The van der Waals surface area contributed by atoms with Crippen LogP contribution in [-0.2, 0) is 13.1 Å². The SMILES string of the molecule is Cl.Cl.O=c1[nH]cccc1-n1ccnc1-c1cc2n(n1)CCNC2. The van der Waals surface area contributed by atoms with E-state index in [1.165, 1.54) is 0 Å². The highest BCUT2D eigenvalue weighted by Gasteiger charge is 2.17. The number of fused-ring (bicyclic) bond motifs is 1. The van der Waals surface area contributed by atoms with Gasteiger partial charge in [-0.3, -0.25) is 14.0 Å². The molecule has 0 bridgehead atoms. The molecule has 23 heavy (non-hydrogen) atoms. The minimum atomic E-state index is -0.151. The molecule has 0 atom stereocenters. The van der Waals surface area contributed by atoms with E-state index in [2.05, 4.69) is 20.4 Å². The van der Waals surface area contributed by atoms with Gasteiger partial charge >= 0.3 is 0 Å². The zero-order valence-corrected chi connectivity index (χ0v) is 13.7. The van der Waals surface area contributed by atoms with Crippen molar-refractivity contribution in [2.45, 2.75) is 13.1 Å². The molecule has 9 heteroatoms. The van der Waals surface area contributed by atoms with Gasteiger partial charge in [0.15, 0.2) is 5.82 Å². The lowest BCUT2D eigenvalue weighted by Crippen LogP contribution is -2.28. The molecule has 0 unspecified atom stereocenters. The second-order valence-corrected chi connectivity index (χ2v) is 4.93. The minimum absolute atomic E-state index is 0. The van der Waals surface area contributed by atoms with Crippen molar-refractivity contribution in [3.05, 3.63) is 52.8 Å². The number of hydrogen-bond donors (Lipinski definition) is 2. The molecule has 1 aliphatic heterocycles. The number of imidazole rings is 1. The second kappa shape index (κ2) is 6.99. The monoisotopic (exact) mass is 354 g/mol. The van der Waals surface area contributed by atoms with Crippen molar-refractivity contribution in [3.8, 4) is 17.2 Å². The van der Waals surface area contributed by atoms with Crippen molar-refractivity contribution in [2.24, 2.45) is 0 Å². The fourth-order valence-corrected chi connectivity index (χ4v) is 2.59. The van der Waals surface area contributed by atoms with Gasteiger partial charge in [0, 0.05) is 31.7 Å². The first kappa shape index (κ1) is 17.3. The second-order valence-electron chi connectivity index (χ2n) is 4.93. The van der Waals surface area contributed by atoms with Crippen molar-refractivity contribution in [3.63, 3.8) is 0 Å². The Morgan fingerprint density at radius 2 is 2.13 bits per heavy atom. The fourth-order valence-electron chi connectivity index (χ4n) is 2.59. The van der Waals surface area contributed by atoms with Crippen LogP contribution in [0.5, 0.6) is 0 Å². The molecule has 0 radical (unpaired) electrons. The van der Waals surface area contributed by atoms with Crippen molar-refractivity contribution in [2.75, 3.05) is 6.54 Å². The first-order chi connectivity index (χ1) is 10.3. The fraction of sp³-hybridized carbons (Fsp3) is 0.214. The van der Waals surface area contributed by atoms with Gasteiger partial charge in [-0.1, -0.05) is 0 Å². The maximum absolute atomic E-state index is 12.0. The van der Waals surface area contributed by atoms with E-state index in [4.69, 9.17) is 0 Å². The van der Waals surface area contributed by atoms with Crippen LogP contribution in [0.2, 0.25) is 0 Å². The molecule has 0 saturated carbocycles. The predicted molar refractivity (Wildman–Crippen MR) is 91.6 cm³/mol. The lowest BCUT2D eigenvalue weighted by molar-refractivity contribution is 0.476. The number of aromatic nitrogens is 5. The van der Waals surface area contributed by atoms with Crippen LogP contribution in [0.15, 0.2) is 41.6 Å². The van der Waals surface area contributed by atoms with Crippen LogP contribution in [0.1, 0.15) is 5.69 Å². The van der Waals surface area contributed by atoms with Crippen LogP contribution in [0.4, 0.5) is 0 Å². The Morgan fingerprint density at radius 3 is 2.91 bits per heavy atom. The molecule has 122 valence electrons. The van der Waals surface area contributed by atoms with Gasteiger partial charge in [0.2, 0.25) is 0 Å². The molecule has 0 aliphatic carbocycles. The predicted octanol–water partition coefficient (Wildman–Crippen LogP) is 1.37. The van der Waals surface area contributed by atoms with Gasteiger partial charge in [0.25, 0.3) is 5.56 Å². The molecular formula is C14H16Cl2N6O. The Labute approximate surface area is 144 Å². The molecule has 0 amide bonds. The maximum atomic E-state index is 12.0. The van der Waals surface area contributed by atoms with Gasteiger partial charge in [0.1, 0.15) is 11.4 Å². The highest BCUT2D eigenvalue weighted by Crippen LogP contribution is 2.20. The molecule has 4 heterocycles. The smallest absolute Gasteiger partial charge is 0.272 e. The van der Waals surface area contributed by atoms with E-state index >= 15 is 0 Å². The Bertz CT molecular complexity index is 829. The number of aromatic amines is 1. The summed E-state index contributed by atoms with van der Waals surface area (Å²) in [5.41, 5.74) is 2.30. The molecule has 0 saturated heterocycles. The summed E-state index contributed by atoms with van der Waals surface area (Å²) in [5, 5.41) is 7.90. The first-order valence-corrected chi connectivity index (χ1v) is 6.82. The quantitative estimate of drug-likeness (QED) is 0.728. The van der Waals surface area contributed by atoms with Crippen molar-refractivity contribution in [1.29, 1.82) is 0 Å². The highest BCUT2D eigenvalue weighted by molar-refractivity contribution is 5.85. The van der Waals surface area contributed by atoms with Crippen LogP contribution >= 0.6 is 24.8 Å². The Kier molecular flexibility index (Phi) is 5.25. The molecule has 0 spiro atoms. The Balaban J connectivity index is 0.000000960. The van der Waals surface area contributed by atoms with Gasteiger partial charge in [-0.15, -0.1) is 24.8 Å². The summed E-state index contributed by atoms with van der Waals surface area (Å²) in [5.74, 6) is 0.675. The summed E-state index contributed by atoms with van der Waals surface area (Å²) >= 11 is 0. The van der Waals surface area contributed by atoms with Crippen LogP contribution in [0, 0.1) is 0 Å². The van der Waals surface area contributed by atoms with E-state index in [-0.39, 0.29) is 30.4 Å². The third-order valence-corrected chi connectivity index (χ3v) is 3.60. The number of H-pyrrole nitrogens is 1. The summed E-state index contributed by atoms with van der Waals surface area (Å²) in [4.78, 5) is 19.0. The summed E-state index contributed by atoms with van der Waals surface area (Å²) in [6, 6.07) is 5.58. The number of halogens is 2. The highest BCUT2D eigenvalue weighted by atomic mass is 35.5. The van der Waals surface area contributed by atoms with E-state index in [9.17, 15) is 4.79 Å². The van der Waals surface area contributed by atoms with Gasteiger partial charge in [-0.25, -0.2) is 4.98 Å². The average Bonchev–Trinajstić information content (AvgIpc) is 3.13. The summed E-state index contributed by atoms with van der Waals surface area (Å²) in [6.07, 6.45) is 5.07. The standard InChI is InChI=1S/C14H14N6O.2ClH/c21-14-12(2-1-3-17-14)19-6-5-16-13(19)11-8-10-9-15-4-7-20(10)18-11;;/h1-3,5-6,8,15H,4,7,9H2,(H,17,21);2*1H. The van der Waals surface area contributed by atoms with Gasteiger partial charge in [0.05, 0.1) is 12.2 Å². The third kappa shape index (κ3) is 3.03. The molecular weight excluding hydrogens is 339 g/mol. The lowest BCUT2D eigenvalue weighted by Gasteiger charge is -2.13. The maximum Gasteiger partial charge on any atom is 0.272 e. The van der Waals surface area contributed by atoms with E-state index < -0.39 is 0 Å². The number of hydrogen-bond acceptors (Lipinski definition) is 4. The zero-order valence-electron chi connectivity index (χ0n) is 12.1. The third-order valence-electron chi connectivity index (χ3n) is 3.60. The lowest BCUT2D eigenvalue weighted by atomic mass is 10.3. The van der Waals surface area contributed by atoms with E-state index in [0.717, 1.165) is 31.0 Å². The van der Waals surface area contributed by atoms with Crippen molar-refractivity contribution < 1.29 is 0 Å². The largest absolute Gasteiger partial charge is 0.327 e. The molecule has 3 aromatic rings. The molecule has 1 aliphatic rings. The van der Waals surface area contributed by atoms with E-state index in [0.29, 0.717) is 11.5 Å². The minimum Gasteiger partial charge on any atom is -0.327 e. The normalized spacial score (nSPS) is 12.9. The zero-order chi connectivity index (χ0) is 14.2.